The van der Waals surface area contributed by atoms with Crippen molar-refractivity contribution in [2.45, 2.75) is 53.4 Å². The lowest BCUT2D eigenvalue weighted by Gasteiger charge is -2.36. The second kappa shape index (κ2) is 7.63. The zero-order chi connectivity index (χ0) is 18.9. The van der Waals surface area contributed by atoms with Gasteiger partial charge in [0.25, 0.3) is 0 Å². The molecule has 4 heteroatoms. The number of allylic oxidation sites excluding steroid dienone is 3. The van der Waals surface area contributed by atoms with Crippen molar-refractivity contribution in [1.29, 1.82) is 0 Å². The maximum absolute atomic E-state index is 14.1. The largest absolute Gasteiger partial charge is 0.492 e. The van der Waals surface area contributed by atoms with Crippen molar-refractivity contribution < 1.29 is 14.2 Å². The van der Waals surface area contributed by atoms with Crippen molar-refractivity contribution in [1.82, 2.24) is 0 Å². The van der Waals surface area contributed by atoms with Crippen molar-refractivity contribution in [3.63, 3.8) is 0 Å². The molecule has 1 aromatic rings. The molecular weight excluding hydrogens is 383 g/mol. The molecule has 0 amide bonds. The van der Waals surface area contributed by atoms with Gasteiger partial charge in [-0.1, -0.05) is 33.8 Å². The molecule has 2 nitrogen and oxygen atoms in total. The fourth-order valence-corrected chi connectivity index (χ4v) is 4.55. The van der Waals surface area contributed by atoms with Crippen LogP contribution in [0.1, 0.15) is 64.7 Å². The Balaban J connectivity index is 2.88. The van der Waals surface area contributed by atoms with Crippen LogP contribution in [0, 0.1) is 5.92 Å². The van der Waals surface area contributed by atoms with E-state index in [-0.39, 0.29) is 5.41 Å². The number of aliphatic hydroxyl groups is 1. The lowest BCUT2D eigenvalue weighted by molar-refractivity contribution is 0.299. The van der Waals surface area contributed by atoms with Gasteiger partial charge in [0.1, 0.15) is 11.6 Å². The van der Waals surface area contributed by atoms with Crippen LogP contribution in [0.15, 0.2) is 22.4 Å². The lowest BCUT2D eigenvalue weighted by Crippen LogP contribution is -2.24. The molecule has 1 aliphatic carbocycles. The molecule has 0 atom stereocenters. The third-order valence-electron chi connectivity index (χ3n) is 4.90. The maximum atomic E-state index is 14.1. The average molecular weight is 411 g/mol. The van der Waals surface area contributed by atoms with Crippen molar-refractivity contribution in [2.75, 3.05) is 13.2 Å². The summed E-state index contributed by atoms with van der Waals surface area (Å²) >= 11 is 3.75. The average Bonchev–Trinajstić information content (AvgIpc) is 2.54. The van der Waals surface area contributed by atoms with Gasteiger partial charge >= 0.3 is 0 Å². The van der Waals surface area contributed by atoms with Crippen LogP contribution < -0.4 is 4.74 Å². The van der Waals surface area contributed by atoms with Crippen LogP contribution in [0.2, 0.25) is 0 Å². The molecule has 2 rings (SSSR count). The van der Waals surface area contributed by atoms with E-state index in [1.54, 1.807) is 6.92 Å². The van der Waals surface area contributed by atoms with E-state index in [9.17, 15) is 9.50 Å². The van der Waals surface area contributed by atoms with Crippen LogP contribution >= 0.6 is 15.9 Å². The van der Waals surface area contributed by atoms with Crippen molar-refractivity contribution >= 4 is 27.1 Å². The molecule has 0 bridgehead atoms. The zero-order valence-electron chi connectivity index (χ0n) is 16.0. The molecule has 0 fully saturated rings. The van der Waals surface area contributed by atoms with Crippen LogP contribution in [0.5, 0.6) is 5.75 Å². The normalized spacial score (nSPS) is 17.1. The molecule has 0 aliphatic heterocycles. The van der Waals surface area contributed by atoms with E-state index in [0.29, 0.717) is 29.4 Å². The van der Waals surface area contributed by atoms with Crippen LogP contribution in [0.4, 0.5) is 4.39 Å². The summed E-state index contributed by atoms with van der Waals surface area (Å²) in [6.07, 6.45) is 3.25. The minimum Gasteiger partial charge on any atom is -0.492 e. The monoisotopic (exact) mass is 410 g/mol. The first-order valence-electron chi connectivity index (χ1n) is 8.82. The van der Waals surface area contributed by atoms with E-state index in [2.05, 4.69) is 49.7 Å². The molecule has 1 N–H and O–H groups in total. The Hall–Kier alpha value is -1.13. The third-order valence-corrected chi connectivity index (χ3v) is 5.66. The molecule has 0 saturated heterocycles. The first-order chi connectivity index (χ1) is 11.7. The van der Waals surface area contributed by atoms with E-state index in [0.717, 1.165) is 16.5 Å². The quantitative estimate of drug-likeness (QED) is 0.620. The number of ether oxygens (including phenoxy) is 1. The summed E-state index contributed by atoms with van der Waals surface area (Å²) in [6.45, 7) is 12.3. The van der Waals surface area contributed by atoms with Gasteiger partial charge in [-0.25, -0.2) is 4.39 Å². The summed E-state index contributed by atoms with van der Waals surface area (Å²) in [6, 6.07) is 2.03. The van der Waals surface area contributed by atoms with Crippen LogP contribution in [0.25, 0.3) is 11.1 Å². The molecule has 138 valence electrons. The fourth-order valence-electron chi connectivity index (χ4n) is 3.47. The van der Waals surface area contributed by atoms with Gasteiger partial charge < -0.3 is 9.84 Å². The topological polar surface area (TPSA) is 29.5 Å². The molecule has 0 heterocycles. The molecule has 25 heavy (non-hydrogen) atoms. The van der Waals surface area contributed by atoms with E-state index >= 15 is 0 Å². The molecular formula is C21H28BrFO2. The first-order valence-corrected chi connectivity index (χ1v) is 9.61. The van der Waals surface area contributed by atoms with Crippen LogP contribution in [0.3, 0.4) is 0 Å². The summed E-state index contributed by atoms with van der Waals surface area (Å²) in [5.41, 5.74) is 4.70. The Morgan fingerprint density at radius 3 is 2.56 bits per heavy atom. The van der Waals surface area contributed by atoms with E-state index < -0.39 is 12.4 Å². The summed E-state index contributed by atoms with van der Waals surface area (Å²) < 4.78 is 20.9. The Bertz CT molecular complexity index is 730. The SMILES string of the molecule is CCOc1c(C(C)=C(F)CO)cc2c(c1Br)C(C)(C)CC=C2C(C)C. The van der Waals surface area contributed by atoms with Gasteiger partial charge in [0, 0.05) is 5.56 Å². The highest BCUT2D eigenvalue weighted by atomic mass is 79.9. The molecule has 0 aromatic heterocycles. The second-order valence-electron chi connectivity index (χ2n) is 7.51. The van der Waals surface area contributed by atoms with Gasteiger partial charge in [-0.3, -0.25) is 0 Å². The minimum absolute atomic E-state index is 0.0376. The Labute approximate surface area is 158 Å². The van der Waals surface area contributed by atoms with Crippen LogP contribution in [-0.2, 0) is 5.41 Å². The smallest absolute Gasteiger partial charge is 0.141 e. The number of benzene rings is 1. The maximum Gasteiger partial charge on any atom is 0.141 e. The highest BCUT2D eigenvalue weighted by molar-refractivity contribution is 9.10. The van der Waals surface area contributed by atoms with E-state index in [1.165, 1.54) is 11.1 Å². The van der Waals surface area contributed by atoms with Crippen LogP contribution in [-0.4, -0.2) is 18.3 Å². The van der Waals surface area contributed by atoms with Gasteiger partial charge in [0.15, 0.2) is 0 Å². The number of fused-ring (bicyclic) bond motifs is 1. The predicted molar refractivity (Wildman–Crippen MR) is 107 cm³/mol. The molecule has 0 saturated carbocycles. The van der Waals surface area contributed by atoms with E-state index in [1.807, 2.05) is 13.0 Å². The summed E-state index contributed by atoms with van der Waals surface area (Å²) in [5.74, 6) is 0.498. The van der Waals surface area contributed by atoms with Gasteiger partial charge in [-0.05, 0) is 75.9 Å². The summed E-state index contributed by atoms with van der Waals surface area (Å²) in [5, 5.41) is 9.22. The van der Waals surface area contributed by atoms with Crippen molar-refractivity contribution in [3.05, 3.63) is 39.1 Å². The predicted octanol–water partition coefficient (Wildman–Crippen LogP) is 6.26. The standard InChI is InChI=1S/C21H28BrFO2/c1-7-25-20-15(13(4)17(23)11-24)10-16-14(12(2)3)8-9-21(5,6)18(16)19(20)22/h8,10,12,24H,7,9,11H2,1-6H3. The highest BCUT2D eigenvalue weighted by Gasteiger charge is 2.34. The molecule has 1 aromatic carbocycles. The number of halogens is 2. The summed E-state index contributed by atoms with van der Waals surface area (Å²) in [7, 11) is 0. The highest BCUT2D eigenvalue weighted by Crippen LogP contribution is 2.50. The third kappa shape index (κ3) is 3.70. The molecule has 1 aliphatic rings. The number of aliphatic hydroxyl groups excluding tert-OH is 1. The van der Waals surface area contributed by atoms with Gasteiger partial charge in [-0.2, -0.15) is 0 Å². The van der Waals surface area contributed by atoms with Crippen molar-refractivity contribution in [2.24, 2.45) is 5.92 Å². The number of rotatable bonds is 5. The first kappa shape index (κ1) is 20.2. The molecule has 0 unspecified atom stereocenters. The minimum atomic E-state index is -0.607. The molecule has 0 radical (unpaired) electrons. The van der Waals surface area contributed by atoms with E-state index in [4.69, 9.17) is 4.74 Å². The Kier molecular flexibility index (Phi) is 6.16. The fraction of sp³-hybridized carbons (Fsp3) is 0.524. The second-order valence-corrected chi connectivity index (χ2v) is 8.31. The zero-order valence-corrected chi connectivity index (χ0v) is 17.6. The summed E-state index contributed by atoms with van der Waals surface area (Å²) in [4.78, 5) is 0. The Morgan fingerprint density at radius 2 is 2.04 bits per heavy atom. The molecule has 0 spiro atoms. The van der Waals surface area contributed by atoms with Gasteiger partial charge in [-0.15, -0.1) is 0 Å². The number of hydrogen-bond donors (Lipinski definition) is 1. The lowest BCUT2D eigenvalue weighted by atomic mass is 9.70. The van der Waals surface area contributed by atoms with Gasteiger partial charge in [0.2, 0.25) is 0 Å². The van der Waals surface area contributed by atoms with Gasteiger partial charge in [0.05, 0.1) is 17.7 Å². The van der Waals surface area contributed by atoms with Crippen molar-refractivity contribution in [3.8, 4) is 5.75 Å². The Morgan fingerprint density at radius 1 is 1.40 bits per heavy atom. The number of hydrogen-bond acceptors (Lipinski definition) is 2.